The molecule has 0 aromatic carbocycles. The molecule has 0 saturated heterocycles. The molecule has 0 aliphatic heterocycles. The first-order valence-electron chi connectivity index (χ1n) is 6.28. The van der Waals surface area contributed by atoms with Crippen LogP contribution in [-0.4, -0.2) is 12.1 Å². The van der Waals surface area contributed by atoms with Crippen LogP contribution in [0.4, 0.5) is 0 Å². The third-order valence-electron chi connectivity index (χ3n) is 3.08. The number of rotatable bonds is 8. The summed E-state index contributed by atoms with van der Waals surface area (Å²) >= 11 is 1.59. The van der Waals surface area contributed by atoms with Crippen LogP contribution in [-0.2, 0) is 11.2 Å². The molecule has 1 rings (SSSR count). The summed E-state index contributed by atoms with van der Waals surface area (Å²) in [4.78, 5) is 22.8. The molecule has 0 N–H and O–H groups in total. The molecular formula is C14H20O2S. The van der Waals surface area contributed by atoms with Gasteiger partial charge >= 0.3 is 0 Å². The Morgan fingerprint density at radius 1 is 1.47 bits per heavy atom. The number of aldehydes is 1. The quantitative estimate of drug-likeness (QED) is 0.399. The number of unbranched alkanes of at least 4 members (excludes halogenated alkanes) is 1. The van der Waals surface area contributed by atoms with E-state index in [1.807, 2.05) is 6.07 Å². The predicted molar refractivity (Wildman–Crippen MR) is 71.7 cm³/mol. The molecule has 0 spiro atoms. The van der Waals surface area contributed by atoms with Gasteiger partial charge in [0.25, 0.3) is 0 Å². The highest BCUT2D eigenvalue weighted by atomic mass is 32.1. The third-order valence-corrected chi connectivity index (χ3v) is 4.04. The summed E-state index contributed by atoms with van der Waals surface area (Å²) in [6.45, 7) is 4.42. The highest BCUT2D eigenvalue weighted by Gasteiger charge is 2.11. The number of ketones is 1. The maximum atomic E-state index is 11.2. The summed E-state index contributed by atoms with van der Waals surface area (Å²) in [6, 6.07) is 1.87. The van der Waals surface area contributed by atoms with E-state index >= 15 is 0 Å². The average molecular weight is 252 g/mol. The van der Waals surface area contributed by atoms with E-state index < -0.39 is 5.78 Å². The van der Waals surface area contributed by atoms with Crippen molar-refractivity contribution in [2.24, 2.45) is 5.92 Å². The Hall–Kier alpha value is -0.960. The molecule has 1 aromatic rings. The largest absolute Gasteiger partial charge is 0.294 e. The van der Waals surface area contributed by atoms with Crippen molar-refractivity contribution in [3.63, 3.8) is 0 Å². The fourth-order valence-corrected chi connectivity index (χ4v) is 2.90. The van der Waals surface area contributed by atoms with Crippen LogP contribution < -0.4 is 0 Å². The zero-order valence-electron chi connectivity index (χ0n) is 10.6. The SMILES string of the molecule is CCCCC(CC)Cc1cc(C(=O)C=O)cs1. The molecule has 2 nitrogen and oxygen atoms in total. The standard InChI is InChI=1S/C14H20O2S/c1-3-5-6-11(4-2)7-13-8-12(10-17-13)14(16)9-15/h8-11H,3-7H2,1-2H3. The second-order valence-electron chi connectivity index (χ2n) is 4.40. The monoisotopic (exact) mass is 252 g/mol. The Morgan fingerprint density at radius 2 is 2.24 bits per heavy atom. The number of hydrogen-bond donors (Lipinski definition) is 0. The summed E-state index contributed by atoms with van der Waals surface area (Å²) in [5.74, 6) is 0.293. The molecule has 1 aromatic heterocycles. The zero-order valence-corrected chi connectivity index (χ0v) is 11.4. The smallest absolute Gasteiger partial charge is 0.226 e. The molecule has 0 saturated carbocycles. The lowest BCUT2D eigenvalue weighted by Crippen LogP contribution is -2.02. The van der Waals surface area contributed by atoms with Gasteiger partial charge in [0.2, 0.25) is 5.78 Å². The second kappa shape index (κ2) is 7.38. The van der Waals surface area contributed by atoms with E-state index in [2.05, 4.69) is 13.8 Å². The molecule has 17 heavy (non-hydrogen) atoms. The maximum absolute atomic E-state index is 11.2. The first-order chi connectivity index (χ1) is 8.21. The van der Waals surface area contributed by atoms with Crippen molar-refractivity contribution in [3.05, 3.63) is 21.9 Å². The molecule has 1 atom stereocenters. The molecule has 0 aliphatic carbocycles. The van der Waals surface area contributed by atoms with E-state index in [0.717, 1.165) is 6.42 Å². The van der Waals surface area contributed by atoms with Gasteiger partial charge in [-0.25, -0.2) is 0 Å². The lowest BCUT2D eigenvalue weighted by molar-refractivity contribution is -0.104. The minimum absolute atomic E-state index is 0.389. The Balaban J connectivity index is 2.57. The fraction of sp³-hybridized carbons (Fsp3) is 0.571. The number of carbonyl (C=O) groups excluding carboxylic acids is 2. The molecule has 3 heteroatoms. The van der Waals surface area contributed by atoms with Crippen molar-refractivity contribution in [3.8, 4) is 0 Å². The summed E-state index contributed by atoms with van der Waals surface area (Å²) in [5.41, 5.74) is 0.547. The van der Waals surface area contributed by atoms with Gasteiger partial charge < -0.3 is 0 Å². The van der Waals surface area contributed by atoms with Gasteiger partial charge in [-0.3, -0.25) is 9.59 Å². The zero-order chi connectivity index (χ0) is 12.7. The van der Waals surface area contributed by atoms with Gasteiger partial charge in [-0.15, -0.1) is 11.3 Å². The van der Waals surface area contributed by atoms with Crippen LogP contribution >= 0.6 is 11.3 Å². The normalized spacial score (nSPS) is 12.4. The Bertz CT molecular complexity index is 368. The number of thiophene rings is 1. The van der Waals surface area contributed by atoms with Gasteiger partial charge in [0.15, 0.2) is 6.29 Å². The molecular weight excluding hydrogens is 232 g/mol. The minimum atomic E-state index is -0.408. The molecule has 94 valence electrons. The highest BCUT2D eigenvalue weighted by molar-refractivity contribution is 7.10. The Labute approximate surface area is 107 Å². The van der Waals surface area contributed by atoms with Crippen molar-refractivity contribution in [2.45, 2.75) is 46.0 Å². The van der Waals surface area contributed by atoms with Gasteiger partial charge in [0.1, 0.15) is 0 Å². The van der Waals surface area contributed by atoms with Gasteiger partial charge in [-0.05, 0) is 18.4 Å². The summed E-state index contributed by atoms with van der Waals surface area (Å²) in [7, 11) is 0. The van der Waals surface area contributed by atoms with Crippen LogP contribution in [0.2, 0.25) is 0 Å². The molecule has 1 unspecified atom stereocenters. The minimum Gasteiger partial charge on any atom is -0.294 e. The van der Waals surface area contributed by atoms with Crippen LogP contribution in [0.5, 0.6) is 0 Å². The van der Waals surface area contributed by atoms with Gasteiger partial charge in [0.05, 0.1) is 0 Å². The van der Waals surface area contributed by atoms with Crippen LogP contribution in [0.1, 0.15) is 54.8 Å². The Morgan fingerprint density at radius 3 is 2.82 bits per heavy atom. The lowest BCUT2D eigenvalue weighted by Gasteiger charge is -2.12. The van der Waals surface area contributed by atoms with E-state index in [1.54, 1.807) is 16.7 Å². The van der Waals surface area contributed by atoms with Crippen LogP contribution in [0.25, 0.3) is 0 Å². The maximum Gasteiger partial charge on any atom is 0.226 e. The molecule has 1 heterocycles. The molecule has 0 amide bonds. The van der Waals surface area contributed by atoms with Crippen LogP contribution in [0.3, 0.4) is 0 Å². The number of carbonyl (C=O) groups is 2. The van der Waals surface area contributed by atoms with Crippen molar-refractivity contribution in [1.29, 1.82) is 0 Å². The first-order valence-corrected chi connectivity index (χ1v) is 7.16. The van der Waals surface area contributed by atoms with Crippen molar-refractivity contribution in [2.75, 3.05) is 0 Å². The van der Waals surface area contributed by atoms with E-state index in [4.69, 9.17) is 0 Å². The molecule has 0 fully saturated rings. The molecule has 0 aliphatic rings. The second-order valence-corrected chi connectivity index (χ2v) is 5.40. The summed E-state index contributed by atoms with van der Waals surface area (Å²) in [6.07, 6.45) is 6.35. The Kier molecular flexibility index (Phi) is 6.12. The van der Waals surface area contributed by atoms with E-state index in [1.165, 1.54) is 30.6 Å². The van der Waals surface area contributed by atoms with Crippen molar-refractivity contribution >= 4 is 23.4 Å². The highest BCUT2D eigenvalue weighted by Crippen LogP contribution is 2.23. The van der Waals surface area contributed by atoms with Gasteiger partial charge in [-0.2, -0.15) is 0 Å². The van der Waals surface area contributed by atoms with E-state index in [0.29, 0.717) is 17.8 Å². The van der Waals surface area contributed by atoms with Crippen LogP contribution in [0.15, 0.2) is 11.4 Å². The third kappa shape index (κ3) is 4.43. The summed E-state index contributed by atoms with van der Waals surface area (Å²) in [5, 5.41) is 1.79. The van der Waals surface area contributed by atoms with Crippen molar-refractivity contribution < 1.29 is 9.59 Å². The number of hydrogen-bond acceptors (Lipinski definition) is 3. The predicted octanol–water partition coefficient (Wildman–Crippen LogP) is 3.89. The summed E-state index contributed by atoms with van der Waals surface area (Å²) < 4.78 is 0. The fourth-order valence-electron chi connectivity index (χ4n) is 1.91. The van der Waals surface area contributed by atoms with Crippen LogP contribution in [0, 0.1) is 5.92 Å². The van der Waals surface area contributed by atoms with Gasteiger partial charge in [-0.1, -0.05) is 39.5 Å². The molecule has 0 bridgehead atoms. The van der Waals surface area contributed by atoms with E-state index in [-0.39, 0.29) is 0 Å². The van der Waals surface area contributed by atoms with E-state index in [9.17, 15) is 9.59 Å². The van der Waals surface area contributed by atoms with Gasteiger partial charge in [0, 0.05) is 15.8 Å². The topological polar surface area (TPSA) is 34.1 Å². The number of Topliss-reactive ketones (excluding diaryl/α,β-unsaturated/α-hetero) is 1. The van der Waals surface area contributed by atoms with Crippen molar-refractivity contribution in [1.82, 2.24) is 0 Å². The lowest BCUT2D eigenvalue weighted by atomic mass is 9.95. The first kappa shape index (κ1) is 14.1. The average Bonchev–Trinajstić information content (AvgIpc) is 2.81. The molecule has 0 radical (unpaired) electrons.